The van der Waals surface area contributed by atoms with Gasteiger partial charge < -0.3 is 13.9 Å². The molecule has 0 amide bonds. The molecule has 0 aliphatic heterocycles. The quantitative estimate of drug-likeness (QED) is 0.619. The zero-order valence-corrected chi connectivity index (χ0v) is 18.7. The van der Waals surface area contributed by atoms with E-state index in [0.717, 1.165) is 41.3 Å². The van der Waals surface area contributed by atoms with E-state index in [1.54, 1.807) is 14.2 Å². The molecule has 4 fully saturated rings. The molecule has 1 heterocycles. The van der Waals surface area contributed by atoms with Gasteiger partial charge in [0.25, 0.3) is 0 Å². The van der Waals surface area contributed by atoms with Crippen molar-refractivity contribution in [2.45, 2.75) is 52.0 Å². The first-order chi connectivity index (χ1) is 14.5. The van der Waals surface area contributed by atoms with Gasteiger partial charge in [0.05, 0.1) is 19.9 Å². The molecule has 0 saturated heterocycles. The van der Waals surface area contributed by atoms with Crippen LogP contribution in [0.3, 0.4) is 0 Å². The molecular formula is C25H34N2O3. The fraction of sp³-hybridized carbons (Fsp3) is 0.640. The summed E-state index contributed by atoms with van der Waals surface area (Å²) in [4.78, 5) is 7.32. The number of oxazole rings is 1. The molecule has 0 unspecified atom stereocenters. The molecule has 4 aliphatic carbocycles. The maximum atomic E-state index is 6.03. The van der Waals surface area contributed by atoms with Gasteiger partial charge in [-0.1, -0.05) is 0 Å². The minimum absolute atomic E-state index is 0.549. The Kier molecular flexibility index (Phi) is 5.04. The van der Waals surface area contributed by atoms with Gasteiger partial charge in [-0.25, -0.2) is 4.98 Å². The third kappa shape index (κ3) is 3.62. The van der Waals surface area contributed by atoms with Crippen LogP contribution in [0.15, 0.2) is 22.6 Å². The van der Waals surface area contributed by atoms with E-state index < -0.39 is 0 Å². The van der Waals surface area contributed by atoms with E-state index >= 15 is 0 Å². The molecule has 0 spiro atoms. The Labute approximate surface area is 179 Å². The van der Waals surface area contributed by atoms with Crippen molar-refractivity contribution in [3.63, 3.8) is 0 Å². The number of hydrogen-bond donors (Lipinski definition) is 0. The maximum absolute atomic E-state index is 6.03. The SMILES string of the molecule is COc1ccc(-c2nc(CN(C)CC34CC5CC(CC(C5)C3)C4)c(C)o2)cc1OC. The summed E-state index contributed by atoms with van der Waals surface area (Å²) in [6.07, 6.45) is 8.83. The van der Waals surface area contributed by atoms with Crippen molar-refractivity contribution >= 4 is 0 Å². The highest BCUT2D eigenvalue weighted by Gasteiger charge is 2.51. The molecule has 0 N–H and O–H groups in total. The largest absolute Gasteiger partial charge is 0.493 e. The molecule has 6 rings (SSSR count). The van der Waals surface area contributed by atoms with Gasteiger partial charge in [-0.15, -0.1) is 0 Å². The van der Waals surface area contributed by atoms with Crippen LogP contribution in [-0.4, -0.2) is 37.7 Å². The predicted molar refractivity (Wildman–Crippen MR) is 117 cm³/mol. The lowest BCUT2D eigenvalue weighted by Crippen LogP contribution is -2.50. The van der Waals surface area contributed by atoms with Crippen LogP contribution in [0, 0.1) is 30.1 Å². The van der Waals surface area contributed by atoms with Gasteiger partial charge in [0, 0.05) is 18.7 Å². The van der Waals surface area contributed by atoms with Crippen LogP contribution in [0.4, 0.5) is 0 Å². The summed E-state index contributed by atoms with van der Waals surface area (Å²) < 4.78 is 16.8. The van der Waals surface area contributed by atoms with Crippen LogP contribution in [0.1, 0.15) is 50.0 Å². The average molecular weight is 411 g/mol. The summed E-state index contributed by atoms with van der Waals surface area (Å²) in [7, 11) is 5.54. The standard InChI is InChI=1S/C25H34N2O3/c1-16-21(26-24(30-16)20-5-6-22(28-3)23(10-20)29-4)14-27(2)15-25-11-17-7-18(12-25)9-19(8-17)13-25/h5-6,10,17-19H,7-9,11-15H2,1-4H3. The summed E-state index contributed by atoms with van der Waals surface area (Å²) in [6.45, 7) is 4.05. The Morgan fingerprint density at radius 1 is 1.03 bits per heavy atom. The molecule has 30 heavy (non-hydrogen) atoms. The van der Waals surface area contributed by atoms with E-state index in [-0.39, 0.29) is 0 Å². The molecule has 162 valence electrons. The zero-order chi connectivity index (χ0) is 20.9. The predicted octanol–water partition coefficient (Wildman–Crippen LogP) is 5.32. The number of hydrogen-bond acceptors (Lipinski definition) is 5. The molecule has 4 saturated carbocycles. The Hall–Kier alpha value is -2.01. The van der Waals surface area contributed by atoms with Crippen molar-refractivity contribution < 1.29 is 13.9 Å². The summed E-state index contributed by atoms with van der Waals surface area (Å²) in [6, 6.07) is 5.79. The molecule has 0 atom stereocenters. The van der Waals surface area contributed by atoms with Crippen molar-refractivity contribution in [1.29, 1.82) is 0 Å². The van der Waals surface area contributed by atoms with Crippen molar-refractivity contribution in [3.05, 3.63) is 29.7 Å². The molecule has 5 heteroatoms. The lowest BCUT2D eigenvalue weighted by Gasteiger charge is -2.57. The van der Waals surface area contributed by atoms with Gasteiger partial charge in [-0.2, -0.15) is 0 Å². The monoisotopic (exact) mass is 410 g/mol. The highest BCUT2D eigenvalue weighted by molar-refractivity contribution is 5.60. The first-order valence-electron chi connectivity index (χ1n) is 11.3. The zero-order valence-electron chi connectivity index (χ0n) is 18.7. The molecule has 4 bridgehead atoms. The third-order valence-electron chi connectivity index (χ3n) is 7.71. The summed E-state index contributed by atoms with van der Waals surface area (Å²) >= 11 is 0. The topological polar surface area (TPSA) is 47.7 Å². The number of aromatic nitrogens is 1. The van der Waals surface area contributed by atoms with Gasteiger partial charge in [0.15, 0.2) is 11.5 Å². The van der Waals surface area contributed by atoms with Gasteiger partial charge in [0.2, 0.25) is 5.89 Å². The van der Waals surface area contributed by atoms with E-state index in [2.05, 4.69) is 11.9 Å². The minimum atomic E-state index is 0.549. The van der Waals surface area contributed by atoms with E-state index in [1.807, 2.05) is 25.1 Å². The van der Waals surface area contributed by atoms with E-state index in [4.69, 9.17) is 18.9 Å². The van der Waals surface area contributed by atoms with Crippen LogP contribution in [-0.2, 0) is 6.54 Å². The Morgan fingerprint density at radius 2 is 1.67 bits per heavy atom. The van der Waals surface area contributed by atoms with Gasteiger partial charge in [-0.3, -0.25) is 4.90 Å². The van der Waals surface area contributed by atoms with Gasteiger partial charge in [0.1, 0.15) is 5.76 Å². The van der Waals surface area contributed by atoms with Crippen molar-refractivity contribution in [2.24, 2.45) is 23.2 Å². The second-order valence-electron chi connectivity index (χ2n) is 10.2. The van der Waals surface area contributed by atoms with E-state index in [1.165, 1.54) is 45.1 Å². The number of nitrogens with zero attached hydrogens (tertiary/aromatic N) is 2. The molecule has 0 radical (unpaired) electrons. The van der Waals surface area contributed by atoms with E-state index in [0.29, 0.717) is 22.8 Å². The fourth-order valence-corrected chi connectivity index (χ4v) is 7.04. The second kappa shape index (κ2) is 7.60. The Morgan fingerprint density at radius 3 is 2.27 bits per heavy atom. The summed E-state index contributed by atoms with van der Waals surface area (Å²) in [5.74, 6) is 5.93. The van der Waals surface area contributed by atoms with Crippen LogP contribution >= 0.6 is 0 Å². The highest BCUT2D eigenvalue weighted by atomic mass is 16.5. The smallest absolute Gasteiger partial charge is 0.226 e. The van der Waals surface area contributed by atoms with Crippen LogP contribution in [0.5, 0.6) is 11.5 Å². The first kappa shape index (κ1) is 19.9. The fourth-order valence-electron chi connectivity index (χ4n) is 7.04. The summed E-state index contributed by atoms with van der Waals surface area (Å²) in [5.41, 5.74) is 2.49. The number of aryl methyl sites for hydroxylation is 1. The van der Waals surface area contributed by atoms with Crippen LogP contribution < -0.4 is 9.47 Å². The number of rotatable bonds is 7. The van der Waals surface area contributed by atoms with Crippen LogP contribution in [0.2, 0.25) is 0 Å². The van der Waals surface area contributed by atoms with Gasteiger partial charge >= 0.3 is 0 Å². The number of ether oxygens (including phenoxy) is 2. The van der Waals surface area contributed by atoms with Gasteiger partial charge in [-0.05, 0) is 93.9 Å². The second-order valence-corrected chi connectivity index (χ2v) is 10.2. The maximum Gasteiger partial charge on any atom is 0.226 e. The minimum Gasteiger partial charge on any atom is -0.493 e. The first-order valence-corrected chi connectivity index (χ1v) is 11.3. The number of benzene rings is 1. The van der Waals surface area contributed by atoms with Crippen LogP contribution in [0.25, 0.3) is 11.5 Å². The normalized spacial score (nSPS) is 29.6. The molecular weight excluding hydrogens is 376 g/mol. The Bertz CT molecular complexity index is 884. The molecule has 4 aliphatic rings. The van der Waals surface area contributed by atoms with Crippen molar-refractivity contribution in [2.75, 3.05) is 27.8 Å². The number of methoxy groups -OCH3 is 2. The molecule has 2 aromatic rings. The third-order valence-corrected chi connectivity index (χ3v) is 7.71. The lowest BCUT2D eigenvalue weighted by molar-refractivity contribution is -0.0671. The lowest BCUT2D eigenvalue weighted by atomic mass is 9.49. The van der Waals surface area contributed by atoms with Crippen molar-refractivity contribution in [3.8, 4) is 23.0 Å². The highest BCUT2D eigenvalue weighted by Crippen LogP contribution is 2.60. The molecule has 5 nitrogen and oxygen atoms in total. The summed E-state index contributed by atoms with van der Waals surface area (Å²) in [5, 5.41) is 0. The van der Waals surface area contributed by atoms with E-state index in [9.17, 15) is 0 Å². The molecule has 1 aromatic carbocycles. The Balaban J connectivity index is 1.30. The van der Waals surface area contributed by atoms with Crippen molar-refractivity contribution in [1.82, 2.24) is 9.88 Å². The average Bonchev–Trinajstić information content (AvgIpc) is 3.06. The molecule has 1 aromatic heterocycles.